The molecule has 0 spiro atoms. The quantitative estimate of drug-likeness (QED) is 0.310. The highest BCUT2D eigenvalue weighted by molar-refractivity contribution is 5.89. The van der Waals surface area contributed by atoms with Crippen LogP contribution in [-0.2, 0) is 9.68 Å². The molecule has 74 valence electrons. The summed E-state index contributed by atoms with van der Waals surface area (Å²) in [7, 11) is 0. The van der Waals surface area contributed by atoms with Crippen molar-refractivity contribution in [3.8, 4) is 0 Å². The van der Waals surface area contributed by atoms with Gasteiger partial charge in [0.2, 0.25) is 0 Å². The topological polar surface area (TPSA) is 46.5 Å². The highest BCUT2D eigenvalue weighted by atomic mass is 17.1. The maximum absolute atomic E-state index is 11.1. The summed E-state index contributed by atoms with van der Waals surface area (Å²) in [6.07, 6.45) is 5.17. The lowest BCUT2D eigenvalue weighted by atomic mass is 9.86. The molecule has 0 aromatic heterocycles. The Morgan fingerprint density at radius 2 is 1.92 bits per heavy atom. The molecule has 1 N–H and O–H groups in total. The number of hydrogen-bond donors (Lipinski definition) is 1. The van der Waals surface area contributed by atoms with Crippen LogP contribution in [0.2, 0.25) is 0 Å². The molecule has 0 bridgehead atoms. The molecule has 0 radical (unpaired) electrons. The molecular weight excluding hydrogens is 168 g/mol. The van der Waals surface area contributed by atoms with E-state index in [-0.39, 0.29) is 5.41 Å². The first-order valence-electron chi connectivity index (χ1n) is 4.12. The lowest BCUT2D eigenvalue weighted by Gasteiger charge is -2.19. The van der Waals surface area contributed by atoms with Gasteiger partial charge in [-0.2, -0.15) is 5.26 Å². The van der Waals surface area contributed by atoms with Gasteiger partial charge in [-0.15, -0.1) is 0 Å². The minimum absolute atomic E-state index is 0.334. The zero-order chi connectivity index (χ0) is 10.5. The van der Waals surface area contributed by atoms with Gasteiger partial charge in [0.25, 0.3) is 0 Å². The molecule has 0 aliphatic heterocycles. The second-order valence-corrected chi connectivity index (χ2v) is 3.73. The van der Waals surface area contributed by atoms with Crippen LogP contribution in [0.15, 0.2) is 23.8 Å². The highest BCUT2D eigenvalue weighted by Crippen LogP contribution is 2.25. The van der Waals surface area contributed by atoms with Gasteiger partial charge in [0.1, 0.15) is 0 Å². The van der Waals surface area contributed by atoms with E-state index in [9.17, 15) is 4.79 Å². The van der Waals surface area contributed by atoms with E-state index < -0.39 is 5.97 Å². The number of carbonyl (C=O) groups excluding carboxylic acids is 1. The van der Waals surface area contributed by atoms with Crippen molar-refractivity contribution in [1.82, 2.24) is 0 Å². The third-order valence-corrected chi connectivity index (χ3v) is 1.57. The second kappa shape index (κ2) is 4.82. The SMILES string of the molecule is C/C=C/C=C(/C(=O)OO)C(C)(C)C. The standard InChI is InChI=1S/C10H16O3/c1-5-6-7-8(9(11)13-12)10(2,3)4/h5-7,12H,1-4H3/b6-5+,8-7-. The van der Waals surface area contributed by atoms with Gasteiger partial charge in [0.05, 0.1) is 0 Å². The maximum atomic E-state index is 11.1. The van der Waals surface area contributed by atoms with Gasteiger partial charge in [0, 0.05) is 5.57 Å². The summed E-state index contributed by atoms with van der Waals surface area (Å²) in [4.78, 5) is 14.8. The van der Waals surface area contributed by atoms with Crippen LogP contribution in [0.4, 0.5) is 0 Å². The first-order valence-corrected chi connectivity index (χ1v) is 4.12. The molecule has 13 heavy (non-hydrogen) atoms. The average molecular weight is 184 g/mol. The molecule has 0 aliphatic rings. The predicted octanol–water partition coefficient (Wildman–Crippen LogP) is 2.55. The largest absolute Gasteiger partial charge is 0.369 e. The number of rotatable bonds is 2. The lowest BCUT2D eigenvalue weighted by molar-refractivity contribution is -0.230. The Kier molecular flexibility index (Phi) is 4.42. The van der Waals surface area contributed by atoms with Crippen molar-refractivity contribution in [1.29, 1.82) is 0 Å². The molecule has 0 aliphatic carbocycles. The van der Waals surface area contributed by atoms with Crippen molar-refractivity contribution < 1.29 is 14.9 Å². The lowest BCUT2D eigenvalue weighted by Crippen LogP contribution is -2.19. The van der Waals surface area contributed by atoms with Crippen molar-refractivity contribution in [2.24, 2.45) is 5.41 Å². The zero-order valence-electron chi connectivity index (χ0n) is 8.50. The van der Waals surface area contributed by atoms with E-state index in [1.807, 2.05) is 27.7 Å². The number of carbonyl (C=O) groups is 1. The summed E-state index contributed by atoms with van der Waals surface area (Å²) in [5, 5.41) is 8.25. The normalized spacial score (nSPS) is 13.5. The van der Waals surface area contributed by atoms with Gasteiger partial charge < -0.3 is 0 Å². The third-order valence-electron chi connectivity index (χ3n) is 1.57. The van der Waals surface area contributed by atoms with E-state index in [4.69, 9.17) is 5.26 Å². The van der Waals surface area contributed by atoms with Gasteiger partial charge in [-0.3, -0.25) is 4.89 Å². The Morgan fingerprint density at radius 3 is 2.23 bits per heavy atom. The molecule has 0 unspecified atom stereocenters. The monoisotopic (exact) mass is 184 g/mol. The summed E-state index contributed by atoms with van der Waals surface area (Å²) < 4.78 is 0. The highest BCUT2D eigenvalue weighted by Gasteiger charge is 2.24. The summed E-state index contributed by atoms with van der Waals surface area (Å²) in [5.74, 6) is -0.703. The van der Waals surface area contributed by atoms with Crippen molar-refractivity contribution in [2.75, 3.05) is 0 Å². The summed E-state index contributed by atoms with van der Waals surface area (Å²) in [5.41, 5.74) is 0.104. The molecule has 0 atom stereocenters. The summed E-state index contributed by atoms with van der Waals surface area (Å²) in [6, 6.07) is 0. The van der Waals surface area contributed by atoms with Crippen LogP contribution >= 0.6 is 0 Å². The Labute approximate surface area is 78.6 Å². The van der Waals surface area contributed by atoms with Crippen molar-refractivity contribution >= 4 is 5.97 Å². The molecule has 0 rings (SSSR count). The van der Waals surface area contributed by atoms with Gasteiger partial charge in [-0.05, 0) is 12.3 Å². The molecule has 0 aromatic rings. The van der Waals surface area contributed by atoms with Gasteiger partial charge >= 0.3 is 5.97 Å². The first kappa shape index (κ1) is 11.9. The Morgan fingerprint density at radius 1 is 1.38 bits per heavy atom. The molecular formula is C10H16O3. The van der Waals surface area contributed by atoms with E-state index in [2.05, 4.69) is 4.89 Å². The summed E-state index contributed by atoms with van der Waals surface area (Å²) in [6.45, 7) is 7.47. The van der Waals surface area contributed by atoms with Crippen LogP contribution in [0, 0.1) is 5.41 Å². The fraction of sp³-hybridized carbons (Fsp3) is 0.500. The average Bonchev–Trinajstić information content (AvgIpc) is 2.02. The van der Waals surface area contributed by atoms with Crippen LogP contribution in [0.5, 0.6) is 0 Å². The molecule has 0 amide bonds. The Balaban J connectivity index is 4.87. The molecule has 0 fully saturated rings. The molecule has 3 nitrogen and oxygen atoms in total. The van der Waals surface area contributed by atoms with Crippen LogP contribution in [0.1, 0.15) is 27.7 Å². The Bertz CT molecular complexity index is 231. The van der Waals surface area contributed by atoms with Gasteiger partial charge in [-0.25, -0.2) is 4.79 Å². The van der Waals surface area contributed by atoms with Crippen LogP contribution in [0.25, 0.3) is 0 Å². The van der Waals surface area contributed by atoms with E-state index >= 15 is 0 Å². The van der Waals surface area contributed by atoms with Crippen molar-refractivity contribution in [3.05, 3.63) is 23.8 Å². The van der Waals surface area contributed by atoms with E-state index in [0.717, 1.165) is 0 Å². The molecule has 3 heteroatoms. The first-order chi connectivity index (χ1) is 5.93. The van der Waals surface area contributed by atoms with Crippen LogP contribution < -0.4 is 0 Å². The van der Waals surface area contributed by atoms with Crippen LogP contribution in [-0.4, -0.2) is 11.2 Å². The Hall–Kier alpha value is -1.09. The summed E-state index contributed by atoms with van der Waals surface area (Å²) >= 11 is 0. The minimum Gasteiger partial charge on any atom is -0.296 e. The van der Waals surface area contributed by atoms with Gasteiger partial charge in [-0.1, -0.05) is 39.0 Å². The molecule has 0 saturated heterocycles. The zero-order valence-corrected chi connectivity index (χ0v) is 8.50. The number of hydrogen-bond acceptors (Lipinski definition) is 3. The van der Waals surface area contributed by atoms with E-state index in [1.54, 1.807) is 18.2 Å². The van der Waals surface area contributed by atoms with E-state index in [1.165, 1.54) is 0 Å². The smallest absolute Gasteiger partial charge is 0.296 e. The fourth-order valence-corrected chi connectivity index (χ4v) is 0.866. The second-order valence-electron chi connectivity index (χ2n) is 3.73. The van der Waals surface area contributed by atoms with E-state index in [0.29, 0.717) is 5.57 Å². The third kappa shape index (κ3) is 3.90. The van der Waals surface area contributed by atoms with Crippen LogP contribution in [0.3, 0.4) is 0 Å². The molecule has 0 saturated carbocycles. The molecule has 0 aromatic carbocycles. The van der Waals surface area contributed by atoms with Crippen molar-refractivity contribution in [2.45, 2.75) is 27.7 Å². The predicted molar refractivity (Wildman–Crippen MR) is 51.1 cm³/mol. The fourth-order valence-electron chi connectivity index (χ4n) is 0.866. The van der Waals surface area contributed by atoms with Gasteiger partial charge in [0.15, 0.2) is 0 Å². The van der Waals surface area contributed by atoms with Crippen molar-refractivity contribution in [3.63, 3.8) is 0 Å². The number of allylic oxidation sites excluding steroid dienone is 3. The molecule has 0 heterocycles. The maximum Gasteiger partial charge on any atom is 0.369 e. The minimum atomic E-state index is -0.703.